The molecule has 0 bridgehead atoms. The average molecular weight is 654 g/mol. The van der Waals surface area contributed by atoms with Crippen molar-refractivity contribution in [3.8, 4) is 0 Å². The average Bonchev–Trinajstić information content (AvgIpc) is 2.96. The van der Waals surface area contributed by atoms with Gasteiger partial charge >= 0.3 is 7.82 Å². The van der Waals surface area contributed by atoms with Gasteiger partial charge in [-0.3, -0.25) is 13.6 Å². The van der Waals surface area contributed by atoms with E-state index in [2.05, 4.69) is 29.8 Å². The number of phosphoric acid groups is 1. The Bertz CT molecular complexity index is 482. The molecule has 0 fully saturated rings. The highest BCUT2D eigenvalue weighted by Crippen LogP contribution is 2.49. The van der Waals surface area contributed by atoms with Crippen molar-refractivity contribution in [1.29, 1.82) is 0 Å². The molecule has 4 nitrogen and oxygen atoms in total. The van der Waals surface area contributed by atoms with Crippen molar-refractivity contribution in [2.24, 2.45) is 0 Å². The molecule has 0 aromatic rings. The molecule has 6 heteroatoms. The molecule has 0 saturated carbocycles. The number of hydrogen-bond donors (Lipinski definition) is 0. The van der Waals surface area contributed by atoms with Gasteiger partial charge in [0.1, 0.15) is 0 Å². The first-order valence-electron chi connectivity index (χ1n) is 17.8. The Labute approximate surface area is 260 Å². The van der Waals surface area contributed by atoms with Crippen LogP contribution in [0.25, 0.3) is 0 Å². The molecule has 0 amide bonds. The van der Waals surface area contributed by atoms with Crippen LogP contribution in [-0.4, -0.2) is 25.2 Å². The second-order valence-corrected chi connectivity index (χ2v) is 14.3. The second kappa shape index (κ2) is 34.1. The van der Waals surface area contributed by atoms with Crippen LogP contribution in [0, 0.1) is 0 Å². The molecule has 0 unspecified atom stereocenters. The molecule has 0 aromatic carbocycles. The first-order chi connectivity index (χ1) is 19.7. The Morgan fingerprint density at radius 1 is 0.375 bits per heavy atom. The molecule has 0 heterocycles. The quantitative estimate of drug-likeness (QED) is 0.0388. The van der Waals surface area contributed by atoms with Crippen molar-refractivity contribution in [2.75, 3.05) is 25.2 Å². The van der Waals surface area contributed by atoms with Crippen LogP contribution in [0.2, 0.25) is 0 Å². The maximum atomic E-state index is 13.0. The second-order valence-electron chi connectivity index (χ2n) is 11.8. The third kappa shape index (κ3) is 31.5. The lowest BCUT2D eigenvalue weighted by molar-refractivity contribution is 0.115. The maximum Gasteiger partial charge on any atom is 0.474 e. The van der Waals surface area contributed by atoms with Gasteiger partial charge in [0.15, 0.2) is 0 Å². The first-order valence-corrected chi connectivity index (χ1v) is 20.4. The summed E-state index contributed by atoms with van der Waals surface area (Å²) in [5.74, 6) is 0. The SMILES string of the molecule is CCCCCCCCCCCCCCCCOP(=O)(OCCBr)OCCCCCCCCCCCCCCCC. The summed E-state index contributed by atoms with van der Waals surface area (Å²) in [4.78, 5) is 0. The fraction of sp³-hybridized carbons (Fsp3) is 1.00. The molecule has 0 radical (unpaired) electrons. The zero-order valence-corrected chi connectivity index (χ0v) is 29.6. The van der Waals surface area contributed by atoms with Crippen molar-refractivity contribution >= 4 is 23.8 Å². The van der Waals surface area contributed by atoms with E-state index in [1.165, 1.54) is 154 Å². The van der Waals surface area contributed by atoms with Gasteiger partial charge < -0.3 is 0 Å². The molecule has 40 heavy (non-hydrogen) atoms. The zero-order valence-electron chi connectivity index (χ0n) is 27.1. The Morgan fingerprint density at radius 2 is 0.600 bits per heavy atom. The Hall–Kier alpha value is 0.590. The van der Waals surface area contributed by atoms with Crippen LogP contribution < -0.4 is 0 Å². The van der Waals surface area contributed by atoms with Crippen LogP contribution in [0.3, 0.4) is 0 Å². The number of hydrogen-bond acceptors (Lipinski definition) is 4. The summed E-state index contributed by atoms with van der Waals surface area (Å²) in [5, 5.41) is 0.626. The minimum Gasteiger partial charge on any atom is -0.287 e. The first kappa shape index (κ1) is 40.6. The molecule has 0 atom stereocenters. The van der Waals surface area contributed by atoms with E-state index in [9.17, 15) is 4.57 Å². The van der Waals surface area contributed by atoms with Gasteiger partial charge in [-0.05, 0) is 12.8 Å². The lowest BCUT2D eigenvalue weighted by Crippen LogP contribution is -2.04. The summed E-state index contributed by atoms with van der Waals surface area (Å²) in [5.41, 5.74) is 0. The van der Waals surface area contributed by atoms with Crippen molar-refractivity contribution < 1.29 is 18.1 Å². The van der Waals surface area contributed by atoms with Gasteiger partial charge in [0.05, 0.1) is 19.8 Å². The molecule has 0 aliphatic heterocycles. The van der Waals surface area contributed by atoms with Gasteiger partial charge in [-0.15, -0.1) is 0 Å². The van der Waals surface area contributed by atoms with E-state index < -0.39 is 7.82 Å². The lowest BCUT2D eigenvalue weighted by atomic mass is 10.0. The van der Waals surface area contributed by atoms with Crippen molar-refractivity contribution in [3.05, 3.63) is 0 Å². The van der Waals surface area contributed by atoms with Crippen molar-refractivity contribution in [1.82, 2.24) is 0 Å². The monoisotopic (exact) mass is 652 g/mol. The van der Waals surface area contributed by atoms with Gasteiger partial charge in [-0.1, -0.05) is 197 Å². The summed E-state index contributed by atoms with van der Waals surface area (Å²) >= 11 is 3.34. The number of alkyl halides is 1. The van der Waals surface area contributed by atoms with Crippen molar-refractivity contribution in [3.63, 3.8) is 0 Å². The van der Waals surface area contributed by atoms with Crippen LogP contribution >= 0.6 is 23.8 Å². The Kier molecular flexibility index (Phi) is 34.6. The third-order valence-corrected chi connectivity index (χ3v) is 9.64. The summed E-state index contributed by atoms with van der Waals surface area (Å²) in [7, 11) is -3.44. The Morgan fingerprint density at radius 3 is 0.850 bits per heavy atom. The molecule has 0 saturated heterocycles. The highest BCUT2D eigenvalue weighted by Gasteiger charge is 2.26. The van der Waals surface area contributed by atoms with Gasteiger partial charge in [-0.25, -0.2) is 4.57 Å². The predicted octanol–water partition coefficient (Wildman–Crippen LogP) is 13.5. The largest absolute Gasteiger partial charge is 0.474 e. The van der Waals surface area contributed by atoms with E-state index in [0.29, 0.717) is 25.2 Å². The van der Waals surface area contributed by atoms with Crippen LogP contribution in [0.15, 0.2) is 0 Å². The fourth-order valence-corrected chi connectivity index (χ4v) is 6.86. The van der Waals surface area contributed by atoms with E-state index in [-0.39, 0.29) is 0 Å². The van der Waals surface area contributed by atoms with Gasteiger partial charge in [-0.2, -0.15) is 0 Å². The highest BCUT2D eigenvalue weighted by atomic mass is 79.9. The summed E-state index contributed by atoms with van der Waals surface area (Å²) in [6, 6.07) is 0. The standard InChI is InChI=1S/C34H70BrO4P/c1-3-5-7-9-11-13-15-17-19-21-23-25-27-29-32-37-40(36,39-34-31-35)38-33-30-28-26-24-22-20-18-16-14-12-10-8-6-4-2/h3-34H2,1-2H3. The molecule has 0 rings (SSSR count). The zero-order chi connectivity index (χ0) is 29.2. The summed E-state index contributed by atoms with van der Waals surface area (Å²) in [6.07, 6.45) is 37.0. The van der Waals surface area contributed by atoms with Gasteiger partial charge in [0.25, 0.3) is 0 Å². The number of rotatable bonds is 35. The van der Waals surface area contributed by atoms with E-state index in [1.807, 2.05) is 0 Å². The van der Waals surface area contributed by atoms with E-state index >= 15 is 0 Å². The smallest absolute Gasteiger partial charge is 0.287 e. The highest BCUT2D eigenvalue weighted by molar-refractivity contribution is 9.09. The molecule has 0 N–H and O–H groups in total. The number of halogens is 1. The lowest BCUT2D eigenvalue weighted by Gasteiger charge is -2.17. The minimum absolute atomic E-state index is 0.342. The van der Waals surface area contributed by atoms with E-state index in [0.717, 1.165) is 25.7 Å². The van der Waals surface area contributed by atoms with Crippen molar-refractivity contribution in [2.45, 2.75) is 194 Å². The van der Waals surface area contributed by atoms with E-state index in [1.54, 1.807) is 0 Å². The van der Waals surface area contributed by atoms with Gasteiger partial charge in [0, 0.05) is 5.33 Å². The van der Waals surface area contributed by atoms with Crippen LogP contribution in [-0.2, 0) is 18.1 Å². The van der Waals surface area contributed by atoms with Crippen LogP contribution in [0.5, 0.6) is 0 Å². The van der Waals surface area contributed by atoms with Crippen LogP contribution in [0.4, 0.5) is 0 Å². The minimum atomic E-state index is -3.44. The fourth-order valence-electron chi connectivity index (χ4n) is 5.20. The summed E-state index contributed by atoms with van der Waals surface area (Å²) < 4.78 is 29.7. The molecule has 0 spiro atoms. The molecule has 0 aromatic heterocycles. The number of phosphoric ester groups is 1. The normalized spacial score (nSPS) is 12.0. The molecular weight excluding hydrogens is 583 g/mol. The molecular formula is C34H70BrO4P. The third-order valence-electron chi connectivity index (χ3n) is 7.82. The molecule has 0 aliphatic rings. The Balaban J connectivity index is 3.61. The van der Waals surface area contributed by atoms with E-state index in [4.69, 9.17) is 13.6 Å². The topological polar surface area (TPSA) is 44.8 Å². The summed E-state index contributed by atoms with van der Waals surface area (Å²) in [6.45, 7) is 5.81. The predicted molar refractivity (Wildman–Crippen MR) is 180 cm³/mol. The van der Waals surface area contributed by atoms with Gasteiger partial charge in [0.2, 0.25) is 0 Å². The molecule has 242 valence electrons. The number of unbranched alkanes of at least 4 members (excludes halogenated alkanes) is 26. The molecule has 0 aliphatic carbocycles. The van der Waals surface area contributed by atoms with Crippen LogP contribution in [0.1, 0.15) is 194 Å². The maximum absolute atomic E-state index is 13.0.